The second-order valence-corrected chi connectivity index (χ2v) is 12.3. The lowest BCUT2D eigenvalue weighted by molar-refractivity contribution is -0.697. The number of fused-ring (bicyclic) bond motifs is 1. The van der Waals surface area contributed by atoms with Crippen molar-refractivity contribution in [2.75, 3.05) is 23.8 Å². The summed E-state index contributed by atoms with van der Waals surface area (Å²) >= 11 is 16.3. The molecule has 196 valence electrons. The number of carbonyl (C=O) groups excluding carboxylic acids is 2. The highest BCUT2D eigenvalue weighted by Crippen LogP contribution is 2.41. The molecule has 4 N–H and O–H groups in total. The Kier molecular flexibility index (Phi) is 9.71. The maximum absolute atomic E-state index is 12.9. The van der Waals surface area contributed by atoms with Gasteiger partial charge in [0.25, 0.3) is 5.91 Å². The van der Waals surface area contributed by atoms with Crippen LogP contribution in [0.2, 0.25) is 10.0 Å². The van der Waals surface area contributed by atoms with Gasteiger partial charge in [0.2, 0.25) is 5.91 Å². The molecule has 0 saturated carbocycles. The summed E-state index contributed by atoms with van der Waals surface area (Å²) in [6.45, 7) is 1.47. The number of benzene rings is 1. The first-order valence-corrected chi connectivity index (χ1v) is 15.1. The van der Waals surface area contributed by atoms with E-state index in [0.29, 0.717) is 38.6 Å². The van der Waals surface area contributed by atoms with Gasteiger partial charge in [-0.1, -0.05) is 23.2 Å². The third kappa shape index (κ3) is 6.76. The minimum Gasteiger partial charge on any atom is -0.477 e. The number of amides is 2. The number of nitrogens with zero attached hydrogens (tertiary/aromatic N) is 2. The number of β-lactam (4-membered cyclic amide) rings is 1. The highest BCUT2D eigenvalue weighted by Gasteiger charge is 2.54. The molecule has 0 unspecified atom stereocenters. The summed E-state index contributed by atoms with van der Waals surface area (Å²) < 4.78 is 2.05. The Morgan fingerprint density at radius 2 is 1.97 bits per heavy atom. The average molecular weight is 601 g/mol. The van der Waals surface area contributed by atoms with E-state index in [9.17, 15) is 19.5 Å². The van der Waals surface area contributed by atoms with E-state index in [-0.39, 0.29) is 17.4 Å². The Bertz CT molecular complexity index is 1230. The Labute approximate surface area is 237 Å². The first kappa shape index (κ1) is 28.1. The normalized spacial score (nSPS) is 18.9. The van der Waals surface area contributed by atoms with Crippen LogP contribution in [-0.2, 0) is 20.9 Å². The lowest BCUT2D eigenvalue weighted by Crippen LogP contribution is -2.70. The van der Waals surface area contributed by atoms with Crippen LogP contribution >= 0.6 is 58.5 Å². The van der Waals surface area contributed by atoms with Crippen molar-refractivity contribution >= 4 is 76.3 Å². The van der Waals surface area contributed by atoms with Crippen LogP contribution in [0.1, 0.15) is 6.42 Å². The number of aryl methyl sites for hydroxylation is 1. The molecular weight excluding hydrogens is 575 g/mol. The van der Waals surface area contributed by atoms with Gasteiger partial charge in [-0.2, -0.15) is 0 Å². The Balaban J connectivity index is 1.35. The van der Waals surface area contributed by atoms with E-state index in [1.54, 1.807) is 18.2 Å². The summed E-state index contributed by atoms with van der Waals surface area (Å²) in [4.78, 5) is 40.5. The molecule has 0 radical (unpaired) electrons. The van der Waals surface area contributed by atoms with Crippen LogP contribution in [0, 0.1) is 0 Å². The molecule has 13 heteroatoms. The number of aliphatic carboxylic acids is 1. The molecule has 2 aromatic rings. The molecule has 2 atom stereocenters. The predicted molar refractivity (Wildman–Crippen MR) is 148 cm³/mol. The van der Waals surface area contributed by atoms with Crippen molar-refractivity contribution in [1.82, 2.24) is 10.2 Å². The highest BCUT2D eigenvalue weighted by molar-refractivity contribution is 8.01. The number of carboxylic acid groups (broad SMARTS) is 1. The molecule has 0 bridgehead atoms. The quantitative estimate of drug-likeness (QED) is 0.205. The molecule has 1 fully saturated rings. The number of thioether (sulfide) groups is 3. The SMILES string of the molecule is NCCC[n+]1ccc(SCC2=C(C(=O)O)N3C(=O)[C@@H](NC(=O)CSc4cc(Cl)ccc4Cl)[C@H]3SC2)cc1. The van der Waals surface area contributed by atoms with E-state index >= 15 is 0 Å². The van der Waals surface area contributed by atoms with Gasteiger partial charge in [0, 0.05) is 44.9 Å². The molecular formula is C24H25Cl2N4O4S3+. The zero-order chi connectivity index (χ0) is 26.5. The van der Waals surface area contributed by atoms with Gasteiger partial charge < -0.3 is 16.2 Å². The minimum absolute atomic E-state index is 0.0146. The zero-order valence-corrected chi connectivity index (χ0v) is 23.5. The van der Waals surface area contributed by atoms with Crippen LogP contribution in [0.15, 0.2) is 63.8 Å². The van der Waals surface area contributed by atoms with Crippen LogP contribution < -0.4 is 15.6 Å². The molecule has 37 heavy (non-hydrogen) atoms. The van der Waals surface area contributed by atoms with Crippen molar-refractivity contribution in [2.24, 2.45) is 5.73 Å². The standard InChI is InChI=1S/C24H24Cl2N4O4S3/c25-15-2-3-17(26)18(10-15)36-13-19(31)28-20-22(32)30-21(24(33)34)14(12-37-23(20)30)11-35-16-4-8-29(9-5-16)7-1-6-27/h2-5,8-10,20,23H,1,6-7,11-13,27H2,(H-,28,31,33,34)/p+1/t20-,23-/m1/s1. The van der Waals surface area contributed by atoms with E-state index in [4.69, 9.17) is 28.9 Å². The number of rotatable bonds is 11. The molecule has 0 spiro atoms. The number of carbonyl (C=O) groups is 3. The van der Waals surface area contributed by atoms with E-state index in [1.165, 1.54) is 40.2 Å². The second-order valence-electron chi connectivity index (χ2n) is 8.28. The fourth-order valence-electron chi connectivity index (χ4n) is 3.87. The summed E-state index contributed by atoms with van der Waals surface area (Å²) in [5, 5.41) is 13.2. The topological polar surface area (TPSA) is 117 Å². The van der Waals surface area contributed by atoms with Crippen molar-refractivity contribution in [2.45, 2.75) is 34.2 Å². The molecule has 1 aromatic carbocycles. The zero-order valence-electron chi connectivity index (χ0n) is 19.6. The van der Waals surface area contributed by atoms with Gasteiger partial charge in [0.05, 0.1) is 10.8 Å². The number of halogens is 2. The van der Waals surface area contributed by atoms with Crippen molar-refractivity contribution in [3.8, 4) is 0 Å². The average Bonchev–Trinajstić information content (AvgIpc) is 2.89. The van der Waals surface area contributed by atoms with E-state index < -0.39 is 23.3 Å². The van der Waals surface area contributed by atoms with Crippen molar-refractivity contribution in [1.29, 1.82) is 0 Å². The number of hydrogen-bond acceptors (Lipinski definition) is 7. The lowest BCUT2D eigenvalue weighted by atomic mass is 10.0. The number of nitrogens with two attached hydrogens (primary N) is 1. The maximum atomic E-state index is 12.9. The minimum atomic E-state index is -1.14. The fraction of sp³-hybridized carbons (Fsp3) is 0.333. The number of nitrogens with one attached hydrogen (secondary N) is 1. The summed E-state index contributed by atoms with van der Waals surface area (Å²) in [7, 11) is 0. The summed E-state index contributed by atoms with van der Waals surface area (Å²) in [5.74, 6) is -0.935. The maximum Gasteiger partial charge on any atom is 0.352 e. The molecule has 4 rings (SSSR count). The van der Waals surface area contributed by atoms with Gasteiger partial charge in [-0.25, -0.2) is 9.36 Å². The molecule has 0 aliphatic carbocycles. The number of carboxylic acids is 1. The highest BCUT2D eigenvalue weighted by atomic mass is 35.5. The van der Waals surface area contributed by atoms with E-state index in [2.05, 4.69) is 9.88 Å². The summed E-state index contributed by atoms with van der Waals surface area (Å²) in [5.41, 5.74) is 6.25. The number of pyridine rings is 1. The van der Waals surface area contributed by atoms with Gasteiger partial charge in [0.15, 0.2) is 12.4 Å². The number of hydrogen-bond donors (Lipinski definition) is 3. The first-order valence-electron chi connectivity index (χ1n) is 11.4. The van der Waals surface area contributed by atoms with Gasteiger partial charge >= 0.3 is 5.97 Å². The first-order chi connectivity index (χ1) is 17.8. The monoisotopic (exact) mass is 599 g/mol. The van der Waals surface area contributed by atoms with E-state index in [1.807, 2.05) is 24.5 Å². The fourth-order valence-corrected chi connectivity index (χ4v) is 7.55. The Morgan fingerprint density at radius 1 is 1.22 bits per heavy atom. The van der Waals surface area contributed by atoms with Gasteiger partial charge in [-0.3, -0.25) is 14.5 Å². The van der Waals surface area contributed by atoms with Crippen molar-refractivity contribution in [3.63, 3.8) is 0 Å². The van der Waals surface area contributed by atoms with E-state index in [0.717, 1.165) is 17.9 Å². The third-order valence-corrected chi connectivity index (χ3v) is 9.88. The molecule has 2 amide bonds. The van der Waals surface area contributed by atoms with Crippen LogP contribution in [-0.4, -0.2) is 63.0 Å². The van der Waals surface area contributed by atoms with Crippen molar-refractivity contribution < 1.29 is 24.1 Å². The summed E-state index contributed by atoms with van der Waals surface area (Å²) in [6, 6.07) is 8.19. The van der Waals surface area contributed by atoms with Gasteiger partial charge in [0.1, 0.15) is 23.7 Å². The van der Waals surface area contributed by atoms with Crippen LogP contribution in [0.5, 0.6) is 0 Å². The van der Waals surface area contributed by atoms with Crippen molar-refractivity contribution in [3.05, 3.63) is 64.0 Å². The lowest BCUT2D eigenvalue weighted by Gasteiger charge is -2.49. The Morgan fingerprint density at radius 3 is 2.68 bits per heavy atom. The second kappa shape index (κ2) is 12.8. The molecule has 2 aliphatic heterocycles. The smallest absolute Gasteiger partial charge is 0.352 e. The Hall–Kier alpha value is -1.89. The molecule has 8 nitrogen and oxygen atoms in total. The largest absolute Gasteiger partial charge is 0.477 e. The van der Waals surface area contributed by atoms with Crippen LogP contribution in [0.3, 0.4) is 0 Å². The molecule has 2 aliphatic rings. The van der Waals surface area contributed by atoms with Gasteiger partial charge in [-0.15, -0.1) is 35.3 Å². The molecule has 1 saturated heterocycles. The van der Waals surface area contributed by atoms with Gasteiger partial charge in [-0.05, 0) is 30.3 Å². The third-order valence-electron chi connectivity index (χ3n) is 5.71. The number of aromatic nitrogens is 1. The predicted octanol–water partition coefficient (Wildman–Crippen LogP) is 3.25. The molecule has 3 heterocycles. The van der Waals surface area contributed by atoms with Crippen LogP contribution in [0.25, 0.3) is 0 Å². The summed E-state index contributed by atoms with van der Waals surface area (Å²) in [6.07, 6.45) is 4.84. The van der Waals surface area contributed by atoms with Crippen LogP contribution in [0.4, 0.5) is 0 Å². The molecule has 1 aromatic heterocycles.